The highest BCUT2D eigenvalue weighted by Crippen LogP contribution is 2.22. The molecule has 4 rings (SSSR count). The van der Waals surface area contributed by atoms with Gasteiger partial charge in [-0.25, -0.2) is 4.79 Å². The standard InChI is InChI=1S/C19H16N4O.ClH/c1-23-11-9-13-12-14(6-7-18(13)23)21-19(24)22-17-8-10-20-16-5-3-2-4-15(16)17;/h2-12H,1H3,(H2,20,21,22,24);1H. The summed E-state index contributed by atoms with van der Waals surface area (Å²) in [6.07, 6.45) is 3.69. The largest absolute Gasteiger partial charge is 0.351 e. The Morgan fingerprint density at radius 1 is 1.04 bits per heavy atom. The number of anilines is 2. The van der Waals surface area contributed by atoms with Crippen molar-refractivity contribution in [3.8, 4) is 0 Å². The summed E-state index contributed by atoms with van der Waals surface area (Å²) >= 11 is 0. The molecule has 5 nitrogen and oxygen atoms in total. The van der Waals surface area contributed by atoms with Crippen LogP contribution >= 0.6 is 12.4 Å². The van der Waals surface area contributed by atoms with Gasteiger partial charge in [0, 0.05) is 41.4 Å². The minimum Gasteiger partial charge on any atom is -0.351 e. The molecule has 2 aromatic heterocycles. The van der Waals surface area contributed by atoms with Gasteiger partial charge in [-0.05, 0) is 36.4 Å². The van der Waals surface area contributed by atoms with E-state index in [-0.39, 0.29) is 18.4 Å². The second-order valence-corrected chi connectivity index (χ2v) is 5.66. The first kappa shape index (κ1) is 16.8. The van der Waals surface area contributed by atoms with Crippen LogP contribution < -0.4 is 10.6 Å². The van der Waals surface area contributed by atoms with Gasteiger partial charge in [0.05, 0.1) is 11.2 Å². The van der Waals surface area contributed by atoms with E-state index in [1.165, 1.54) is 0 Å². The Hall–Kier alpha value is -3.05. The third-order valence-electron chi connectivity index (χ3n) is 4.04. The molecule has 2 aromatic carbocycles. The average Bonchev–Trinajstić information content (AvgIpc) is 2.96. The molecule has 0 unspecified atom stereocenters. The van der Waals surface area contributed by atoms with Crippen molar-refractivity contribution in [2.75, 3.05) is 10.6 Å². The molecule has 0 fully saturated rings. The van der Waals surface area contributed by atoms with E-state index in [0.29, 0.717) is 0 Å². The number of hydrogen-bond donors (Lipinski definition) is 2. The highest BCUT2D eigenvalue weighted by molar-refractivity contribution is 6.06. The van der Waals surface area contributed by atoms with Gasteiger partial charge in [-0.1, -0.05) is 18.2 Å². The first-order valence-corrected chi connectivity index (χ1v) is 7.67. The zero-order valence-corrected chi connectivity index (χ0v) is 14.4. The lowest BCUT2D eigenvalue weighted by atomic mass is 10.2. The number of hydrogen-bond acceptors (Lipinski definition) is 2. The maximum Gasteiger partial charge on any atom is 0.323 e. The number of urea groups is 1. The van der Waals surface area contributed by atoms with E-state index in [1.807, 2.05) is 66.3 Å². The van der Waals surface area contributed by atoms with Crippen LogP contribution in [-0.2, 0) is 7.05 Å². The van der Waals surface area contributed by atoms with E-state index < -0.39 is 0 Å². The van der Waals surface area contributed by atoms with Gasteiger partial charge >= 0.3 is 6.03 Å². The van der Waals surface area contributed by atoms with Crippen molar-refractivity contribution >= 4 is 51.6 Å². The number of benzene rings is 2. The second kappa shape index (κ2) is 6.83. The minimum atomic E-state index is -0.276. The molecule has 0 aliphatic carbocycles. The fourth-order valence-electron chi connectivity index (χ4n) is 2.85. The maximum absolute atomic E-state index is 12.3. The van der Waals surface area contributed by atoms with Gasteiger partial charge in [-0.15, -0.1) is 12.4 Å². The van der Waals surface area contributed by atoms with E-state index in [1.54, 1.807) is 12.3 Å². The molecule has 0 radical (unpaired) electrons. The summed E-state index contributed by atoms with van der Waals surface area (Å²) in [4.78, 5) is 16.6. The quantitative estimate of drug-likeness (QED) is 0.544. The molecule has 0 atom stereocenters. The molecule has 2 heterocycles. The smallest absolute Gasteiger partial charge is 0.323 e. The second-order valence-electron chi connectivity index (χ2n) is 5.66. The number of aryl methyl sites for hydroxylation is 1. The van der Waals surface area contributed by atoms with Crippen LogP contribution in [0.15, 0.2) is 67.0 Å². The molecule has 0 aliphatic rings. The molecule has 4 aromatic rings. The van der Waals surface area contributed by atoms with Crippen molar-refractivity contribution in [3.05, 3.63) is 67.0 Å². The van der Waals surface area contributed by atoms with Crippen LogP contribution in [0.1, 0.15) is 0 Å². The number of fused-ring (bicyclic) bond motifs is 2. The average molecular weight is 353 g/mol. The number of carbonyl (C=O) groups is 1. The predicted molar refractivity (Wildman–Crippen MR) is 105 cm³/mol. The summed E-state index contributed by atoms with van der Waals surface area (Å²) < 4.78 is 2.04. The van der Waals surface area contributed by atoms with Gasteiger partial charge in [0.2, 0.25) is 0 Å². The normalized spacial score (nSPS) is 10.4. The van der Waals surface area contributed by atoms with Crippen molar-refractivity contribution in [1.29, 1.82) is 0 Å². The Balaban J connectivity index is 0.00000182. The van der Waals surface area contributed by atoms with Crippen molar-refractivity contribution < 1.29 is 4.79 Å². The van der Waals surface area contributed by atoms with Gasteiger partial charge in [0.1, 0.15) is 0 Å². The van der Waals surface area contributed by atoms with Crippen LogP contribution in [0.5, 0.6) is 0 Å². The molecule has 0 saturated carbocycles. The summed E-state index contributed by atoms with van der Waals surface area (Å²) in [5.41, 5.74) is 3.46. The van der Waals surface area contributed by atoms with E-state index in [0.717, 1.165) is 33.2 Å². The van der Waals surface area contributed by atoms with Crippen LogP contribution in [0, 0.1) is 0 Å². The summed E-state index contributed by atoms with van der Waals surface area (Å²) in [6.45, 7) is 0. The van der Waals surface area contributed by atoms with Gasteiger partial charge in [0.25, 0.3) is 0 Å². The topological polar surface area (TPSA) is 59.0 Å². The summed E-state index contributed by atoms with van der Waals surface area (Å²) in [5, 5.41) is 7.77. The molecule has 0 spiro atoms. The Morgan fingerprint density at radius 3 is 2.76 bits per heavy atom. The van der Waals surface area contributed by atoms with Crippen LogP contribution in [0.25, 0.3) is 21.8 Å². The highest BCUT2D eigenvalue weighted by Gasteiger charge is 2.07. The molecule has 6 heteroatoms. The molecule has 0 bridgehead atoms. The number of aromatic nitrogens is 2. The fraction of sp³-hybridized carbons (Fsp3) is 0.0526. The van der Waals surface area contributed by atoms with Crippen LogP contribution in [0.2, 0.25) is 0 Å². The monoisotopic (exact) mass is 352 g/mol. The molecular formula is C19H17ClN4O. The third-order valence-corrected chi connectivity index (χ3v) is 4.04. The molecule has 2 N–H and O–H groups in total. The van der Waals surface area contributed by atoms with Crippen molar-refractivity contribution in [1.82, 2.24) is 9.55 Å². The third kappa shape index (κ3) is 3.27. The lowest BCUT2D eigenvalue weighted by Crippen LogP contribution is -2.19. The Bertz CT molecular complexity index is 1050. The number of nitrogens with one attached hydrogen (secondary N) is 2. The van der Waals surface area contributed by atoms with Crippen molar-refractivity contribution in [2.24, 2.45) is 7.05 Å². The van der Waals surface area contributed by atoms with E-state index in [2.05, 4.69) is 15.6 Å². The predicted octanol–water partition coefficient (Wildman–Crippen LogP) is 4.79. The highest BCUT2D eigenvalue weighted by atomic mass is 35.5. The number of pyridine rings is 1. The number of rotatable bonds is 2. The van der Waals surface area contributed by atoms with Gasteiger partial charge < -0.3 is 15.2 Å². The van der Waals surface area contributed by atoms with Gasteiger partial charge in [0.15, 0.2) is 0 Å². The van der Waals surface area contributed by atoms with E-state index in [4.69, 9.17) is 0 Å². The Labute approximate surface area is 151 Å². The van der Waals surface area contributed by atoms with Crippen molar-refractivity contribution in [3.63, 3.8) is 0 Å². The zero-order chi connectivity index (χ0) is 16.5. The maximum atomic E-state index is 12.3. The lowest BCUT2D eigenvalue weighted by molar-refractivity contribution is 0.262. The van der Waals surface area contributed by atoms with Gasteiger partial charge in [-0.3, -0.25) is 4.98 Å². The molecule has 2 amide bonds. The van der Waals surface area contributed by atoms with Crippen LogP contribution in [0.3, 0.4) is 0 Å². The first-order valence-electron chi connectivity index (χ1n) is 7.67. The summed E-state index contributed by atoms with van der Waals surface area (Å²) in [6, 6.07) is 17.1. The van der Waals surface area contributed by atoms with E-state index >= 15 is 0 Å². The SMILES string of the molecule is Cl.Cn1ccc2cc(NC(=O)Nc3ccnc4ccccc34)ccc21. The minimum absolute atomic E-state index is 0. The number of carbonyl (C=O) groups excluding carboxylic acids is 1. The molecule has 0 saturated heterocycles. The fourth-order valence-corrected chi connectivity index (χ4v) is 2.85. The van der Waals surface area contributed by atoms with Crippen LogP contribution in [0.4, 0.5) is 16.2 Å². The van der Waals surface area contributed by atoms with Gasteiger partial charge in [-0.2, -0.15) is 0 Å². The number of para-hydroxylation sites is 1. The van der Waals surface area contributed by atoms with E-state index in [9.17, 15) is 4.79 Å². The zero-order valence-electron chi connectivity index (χ0n) is 13.6. The molecule has 25 heavy (non-hydrogen) atoms. The molecular weight excluding hydrogens is 336 g/mol. The summed E-state index contributed by atoms with van der Waals surface area (Å²) in [5.74, 6) is 0. The number of halogens is 1. The first-order chi connectivity index (χ1) is 11.7. The number of amides is 2. The lowest BCUT2D eigenvalue weighted by Gasteiger charge is -2.10. The molecule has 126 valence electrons. The molecule has 0 aliphatic heterocycles. The summed E-state index contributed by atoms with van der Waals surface area (Å²) in [7, 11) is 2.00. The van der Waals surface area contributed by atoms with Crippen molar-refractivity contribution in [2.45, 2.75) is 0 Å². The Kier molecular flexibility index (Phi) is 4.59. The number of nitrogens with zero attached hydrogens (tertiary/aromatic N) is 2. The van der Waals surface area contributed by atoms with Crippen LogP contribution in [-0.4, -0.2) is 15.6 Å². The Morgan fingerprint density at radius 2 is 1.88 bits per heavy atom.